The van der Waals surface area contributed by atoms with Gasteiger partial charge in [0, 0.05) is 0 Å². The van der Waals surface area contributed by atoms with Crippen LogP contribution in [0, 0.1) is 0 Å². The Morgan fingerprint density at radius 2 is 0.724 bits per heavy atom. The molecule has 0 aliphatic heterocycles. The number of rotatable bonds is 8. The SMILES string of the molecule is OCC(Br)C(F)(F)C(F)(F)C(F)(F)C(F)(F)C(F)(F)C(F)(F)C(F)(F)C(F)(F)F. The minimum Gasteiger partial charge on any atom is -0.395 e. The Bertz CT molecular complexity index is 594. The van der Waals surface area contributed by atoms with Crippen molar-refractivity contribution < 1.29 is 79.7 Å². The Hall–Kier alpha value is -0.750. The van der Waals surface area contributed by atoms with E-state index in [1.807, 2.05) is 0 Å². The normalized spacial score (nSPS) is 17.5. The van der Waals surface area contributed by atoms with E-state index in [9.17, 15) is 74.6 Å². The smallest absolute Gasteiger partial charge is 0.395 e. The van der Waals surface area contributed by atoms with E-state index in [1.165, 1.54) is 15.9 Å². The largest absolute Gasteiger partial charge is 0.460 e. The molecule has 0 bridgehead atoms. The molecule has 0 saturated heterocycles. The lowest BCUT2D eigenvalue weighted by atomic mass is 9.88. The summed E-state index contributed by atoms with van der Waals surface area (Å²) in [6.45, 7) is -2.26. The van der Waals surface area contributed by atoms with Crippen molar-refractivity contribution in [3.8, 4) is 0 Å². The van der Waals surface area contributed by atoms with Gasteiger partial charge in [0.25, 0.3) is 0 Å². The van der Waals surface area contributed by atoms with Gasteiger partial charge >= 0.3 is 47.6 Å². The molecule has 1 unspecified atom stereocenters. The maximum absolute atomic E-state index is 13.3. The fourth-order valence-corrected chi connectivity index (χ4v) is 1.77. The summed E-state index contributed by atoms with van der Waals surface area (Å²) in [6, 6.07) is 0. The first-order valence-electron chi connectivity index (χ1n) is 6.19. The van der Waals surface area contributed by atoms with E-state index in [-0.39, 0.29) is 0 Å². The van der Waals surface area contributed by atoms with E-state index in [1.54, 1.807) is 0 Å². The van der Waals surface area contributed by atoms with Gasteiger partial charge in [-0.15, -0.1) is 0 Å². The third-order valence-electron chi connectivity index (χ3n) is 3.30. The Morgan fingerprint density at radius 3 is 0.966 bits per heavy atom. The minimum absolute atomic E-state index is 1.38. The van der Waals surface area contributed by atoms with Gasteiger partial charge in [0.1, 0.15) is 4.83 Å². The van der Waals surface area contributed by atoms with Crippen molar-refractivity contribution in [3.63, 3.8) is 0 Å². The molecule has 0 fully saturated rings. The highest BCUT2D eigenvalue weighted by atomic mass is 79.9. The summed E-state index contributed by atoms with van der Waals surface area (Å²) in [5.74, 6) is -56.7. The summed E-state index contributed by atoms with van der Waals surface area (Å²) in [6.07, 6.45) is -7.78. The van der Waals surface area contributed by atoms with Crippen LogP contribution in [0.1, 0.15) is 0 Å². The molecule has 0 saturated carbocycles. The van der Waals surface area contributed by atoms with Gasteiger partial charge in [0.05, 0.1) is 6.61 Å². The molecule has 0 rings (SSSR count). The molecule has 1 N–H and O–H groups in total. The summed E-state index contributed by atoms with van der Waals surface area (Å²) >= 11 is 1.38. The second kappa shape index (κ2) is 7.15. The standard InChI is InChI=1S/C10H4BrF17O/c11-2(1-29)3(12,13)4(14,15)5(16,17)6(18,19)7(20,21)8(22,23)9(24,25)10(26,27)28/h2,29H,1H2. The molecule has 0 aliphatic carbocycles. The van der Waals surface area contributed by atoms with Crippen LogP contribution in [0.25, 0.3) is 0 Å². The molecule has 0 radical (unpaired) electrons. The highest BCUT2D eigenvalue weighted by Gasteiger charge is 2.95. The number of hydrogen-bond donors (Lipinski definition) is 1. The predicted molar refractivity (Wildman–Crippen MR) is 60.5 cm³/mol. The van der Waals surface area contributed by atoms with Gasteiger partial charge in [-0.05, 0) is 0 Å². The molecule has 0 amide bonds. The van der Waals surface area contributed by atoms with E-state index in [0.29, 0.717) is 0 Å². The van der Waals surface area contributed by atoms with Gasteiger partial charge in [0.15, 0.2) is 0 Å². The first-order valence-corrected chi connectivity index (χ1v) is 7.11. The predicted octanol–water partition coefficient (Wildman–Crippen LogP) is 5.75. The molecule has 0 aliphatic rings. The summed E-state index contributed by atoms with van der Waals surface area (Å²) < 4.78 is 218. The molecule has 176 valence electrons. The molecule has 0 spiro atoms. The number of alkyl halides is 18. The third kappa shape index (κ3) is 3.52. The van der Waals surface area contributed by atoms with Gasteiger partial charge < -0.3 is 5.11 Å². The summed E-state index contributed by atoms with van der Waals surface area (Å²) in [5.41, 5.74) is 0. The van der Waals surface area contributed by atoms with E-state index in [2.05, 4.69) is 0 Å². The molecule has 0 aromatic heterocycles. The number of halogens is 18. The number of aliphatic hydroxyl groups excluding tert-OH is 1. The van der Waals surface area contributed by atoms with Gasteiger partial charge in [-0.1, -0.05) is 15.9 Å². The van der Waals surface area contributed by atoms with Crippen LogP contribution in [-0.2, 0) is 0 Å². The molecule has 29 heavy (non-hydrogen) atoms. The van der Waals surface area contributed by atoms with Crippen LogP contribution in [0.3, 0.4) is 0 Å². The van der Waals surface area contributed by atoms with E-state index < -0.39 is 59.1 Å². The van der Waals surface area contributed by atoms with Crippen LogP contribution in [-0.4, -0.2) is 64.2 Å². The van der Waals surface area contributed by atoms with Crippen molar-refractivity contribution >= 4 is 15.9 Å². The van der Waals surface area contributed by atoms with E-state index >= 15 is 0 Å². The van der Waals surface area contributed by atoms with Crippen molar-refractivity contribution in [1.29, 1.82) is 0 Å². The summed E-state index contributed by atoms with van der Waals surface area (Å²) in [7, 11) is 0. The first kappa shape index (κ1) is 28.2. The zero-order valence-corrected chi connectivity index (χ0v) is 14.1. The van der Waals surface area contributed by atoms with Crippen molar-refractivity contribution in [3.05, 3.63) is 0 Å². The molecule has 0 heterocycles. The summed E-state index contributed by atoms with van der Waals surface area (Å²) in [5, 5.41) is 8.20. The second-order valence-electron chi connectivity index (χ2n) is 5.22. The molecule has 0 aromatic carbocycles. The lowest BCUT2D eigenvalue weighted by molar-refractivity contribution is -0.461. The highest BCUT2D eigenvalue weighted by molar-refractivity contribution is 9.09. The maximum Gasteiger partial charge on any atom is 0.460 e. The first-order chi connectivity index (χ1) is 12.2. The average Bonchev–Trinajstić information content (AvgIpc) is 2.51. The third-order valence-corrected chi connectivity index (χ3v) is 4.16. The Morgan fingerprint density at radius 1 is 0.483 bits per heavy atom. The van der Waals surface area contributed by atoms with Gasteiger partial charge in [-0.2, -0.15) is 74.6 Å². The summed E-state index contributed by atoms with van der Waals surface area (Å²) in [4.78, 5) is -3.60. The number of hydrogen-bond acceptors (Lipinski definition) is 1. The minimum atomic E-state index is -8.65. The van der Waals surface area contributed by atoms with Crippen LogP contribution >= 0.6 is 15.9 Å². The van der Waals surface area contributed by atoms with Crippen LogP contribution in [0.4, 0.5) is 74.6 Å². The fraction of sp³-hybridized carbons (Fsp3) is 1.00. The Balaban J connectivity index is 6.73. The van der Waals surface area contributed by atoms with Crippen LogP contribution in [0.15, 0.2) is 0 Å². The highest BCUT2D eigenvalue weighted by Crippen LogP contribution is 2.64. The average molecular weight is 543 g/mol. The van der Waals surface area contributed by atoms with Gasteiger partial charge in [0.2, 0.25) is 0 Å². The second-order valence-corrected chi connectivity index (χ2v) is 6.32. The zero-order valence-electron chi connectivity index (χ0n) is 12.5. The topological polar surface area (TPSA) is 20.2 Å². The van der Waals surface area contributed by atoms with Crippen molar-refractivity contribution in [1.82, 2.24) is 0 Å². The quantitative estimate of drug-likeness (QED) is 0.306. The van der Waals surface area contributed by atoms with Crippen LogP contribution in [0.5, 0.6) is 0 Å². The maximum atomic E-state index is 13.3. The number of aliphatic hydroxyl groups is 1. The molecule has 1 atom stereocenters. The van der Waals surface area contributed by atoms with Crippen molar-refractivity contribution in [2.75, 3.05) is 6.61 Å². The van der Waals surface area contributed by atoms with Gasteiger partial charge in [-0.3, -0.25) is 0 Å². The van der Waals surface area contributed by atoms with E-state index in [4.69, 9.17) is 5.11 Å². The molecule has 0 aromatic rings. The van der Waals surface area contributed by atoms with Crippen LogP contribution < -0.4 is 0 Å². The molecule has 19 heteroatoms. The molecular weight excluding hydrogens is 539 g/mol. The van der Waals surface area contributed by atoms with Crippen LogP contribution in [0.2, 0.25) is 0 Å². The lowest BCUT2D eigenvalue weighted by Gasteiger charge is -2.43. The molecular formula is C10H4BrF17O. The van der Waals surface area contributed by atoms with Crippen molar-refractivity contribution in [2.24, 2.45) is 0 Å². The van der Waals surface area contributed by atoms with Crippen molar-refractivity contribution in [2.45, 2.75) is 52.5 Å². The Kier molecular flexibility index (Phi) is 6.96. The monoisotopic (exact) mass is 542 g/mol. The molecule has 1 nitrogen and oxygen atoms in total. The Labute approximate surface area is 155 Å². The van der Waals surface area contributed by atoms with Gasteiger partial charge in [-0.25, -0.2) is 0 Å². The van der Waals surface area contributed by atoms with E-state index in [0.717, 1.165) is 0 Å². The lowest BCUT2D eigenvalue weighted by Crippen LogP contribution is -2.75. The zero-order chi connectivity index (χ0) is 24.3. The fourth-order valence-electron chi connectivity index (χ4n) is 1.49.